The number of hydrogen-bond acceptors (Lipinski definition) is 2. The van der Waals surface area contributed by atoms with Gasteiger partial charge >= 0.3 is 0 Å². The molecule has 1 aromatic carbocycles. The Morgan fingerprint density at radius 1 is 1.14 bits per heavy atom. The van der Waals surface area contributed by atoms with Gasteiger partial charge in [-0.1, -0.05) is 20.3 Å². The monoisotopic (exact) mass is 411 g/mol. The average Bonchev–Trinajstić information content (AvgIpc) is 3.19. The highest BCUT2D eigenvalue weighted by atomic mass is 19.2. The Hall–Kier alpha value is -2.38. The molecule has 2 aromatic rings. The molecular formula is C21H25F4N3O. The first-order valence-corrected chi connectivity index (χ1v) is 9.91. The van der Waals surface area contributed by atoms with Gasteiger partial charge < -0.3 is 5.32 Å². The summed E-state index contributed by atoms with van der Waals surface area (Å²) in [5, 5.41) is 6.82. The molecule has 4 nitrogen and oxygen atoms in total. The fourth-order valence-electron chi connectivity index (χ4n) is 3.86. The maximum atomic E-state index is 14.3. The van der Waals surface area contributed by atoms with E-state index < -0.39 is 46.8 Å². The molecule has 1 aromatic heterocycles. The van der Waals surface area contributed by atoms with E-state index in [0.29, 0.717) is 18.8 Å². The zero-order valence-corrected chi connectivity index (χ0v) is 16.8. The second-order valence-corrected chi connectivity index (χ2v) is 7.64. The topological polar surface area (TPSA) is 46.9 Å². The summed E-state index contributed by atoms with van der Waals surface area (Å²) >= 11 is 0. The van der Waals surface area contributed by atoms with Crippen LogP contribution in [-0.2, 0) is 37.6 Å². The quantitative estimate of drug-likeness (QED) is 0.548. The number of nitrogens with one attached hydrogen (secondary N) is 1. The van der Waals surface area contributed by atoms with Gasteiger partial charge in [-0.3, -0.25) is 9.48 Å². The highest BCUT2D eigenvalue weighted by Gasteiger charge is 2.28. The van der Waals surface area contributed by atoms with E-state index in [1.807, 2.05) is 6.92 Å². The molecule has 0 bridgehead atoms. The van der Waals surface area contributed by atoms with Crippen molar-refractivity contribution in [2.45, 2.75) is 64.8 Å². The van der Waals surface area contributed by atoms with E-state index in [1.165, 1.54) is 0 Å². The number of aryl methyl sites for hydroxylation is 1. The third-order valence-corrected chi connectivity index (χ3v) is 5.62. The molecule has 3 rings (SSSR count). The van der Waals surface area contributed by atoms with Crippen LogP contribution in [0.5, 0.6) is 0 Å². The molecule has 0 saturated carbocycles. The van der Waals surface area contributed by atoms with Crippen molar-refractivity contribution in [1.82, 2.24) is 15.1 Å². The van der Waals surface area contributed by atoms with Gasteiger partial charge in [0, 0.05) is 30.6 Å². The summed E-state index contributed by atoms with van der Waals surface area (Å²) in [6.07, 6.45) is 2.73. The van der Waals surface area contributed by atoms with E-state index >= 15 is 0 Å². The highest BCUT2D eigenvalue weighted by molar-refractivity contribution is 5.78. The van der Waals surface area contributed by atoms with Crippen LogP contribution in [0, 0.1) is 23.3 Å². The molecule has 1 heterocycles. The first kappa shape index (κ1) is 21.3. The van der Waals surface area contributed by atoms with Gasteiger partial charge in [0.1, 0.15) is 0 Å². The number of aromatic nitrogens is 2. The van der Waals surface area contributed by atoms with Gasteiger partial charge in [0.2, 0.25) is 5.91 Å². The molecule has 1 aliphatic rings. The molecule has 0 aliphatic heterocycles. The van der Waals surface area contributed by atoms with Gasteiger partial charge in [-0.15, -0.1) is 0 Å². The number of carbonyl (C=O) groups is 1. The minimum Gasteiger partial charge on any atom is -0.351 e. The van der Waals surface area contributed by atoms with Crippen molar-refractivity contribution in [2.75, 3.05) is 0 Å². The van der Waals surface area contributed by atoms with E-state index in [9.17, 15) is 22.4 Å². The second kappa shape index (κ2) is 8.55. The van der Waals surface area contributed by atoms with Crippen LogP contribution < -0.4 is 5.32 Å². The maximum absolute atomic E-state index is 14.3. The fourth-order valence-corrected chi connectivity index (χ4v) is 3.86. The molecular weight excluding hydrogens is 386 g/mol. The van der Waals surface area contributed by atoms with Crippen molar-refractivity contribution < 1.29 is 22.4 Å². The first-order valence-electron chi connectivity index (χ1n) is 9.91. The fraction of sp³-hybridized carbons (Fsp3) is 0.524. The Morgan fingerprint density at radius 3 is 2.38 bits per heavy atom. The van der Waals surface area contributed by atoms with Gasteiger partial charge in [-0.05, 0) is 31.2 Å². The molecule has 158 valence electrons. The standard InChI is InChI=1S/C21H25F4N3O/c1-4-5-6-13-17(22)19(24)14(20(25)18(13)23)10-26-16(29)9-15-12-8-7-11(2)21(12)27-28(15)3/h11H,4-10H2,1-3H3,(H,26,29). The van der Waals surface area contributed by atoms with E-state index in [4.69, 9.17) is 0 Å². The first-order chi connectivity index (χ1) is 13.8. The van der Waals surface area contributed by atoms with Gasteiger partial charge in [-0.25, -0.2) is 17.6 Å². The average molecular weight is 411 g/mol. The van der Waals surface area contributed by atoms with Crippen molar-refractivity contribution in [3.8, 4) is 0 Å². The number of unbranched alkanes of at least 4 members (excludes halogenated alkanes) is 1. The van der Waals surface area contributed by atoms with Gasteiger partial charge in [0.05, 0.1) is 17.8 Å². The molecule has 0 fully saturated rings. The van der Waals surface area contributed by atoms with Gasteiger partial charge in [-0.2, -0.15) is 5.10 Å². The summed E-state index contributed by atoms with van der Waals surface area (Å²) in [5.74, 6) is -5.85. The molecule has 1 atom stereocenters. The van der Waals surface area contributed by atoms with Crippen LogP contribution in [0.3, 0.4) is 0 Å². The summed E-state index contributed by atoms with van der Waals surface area (Å²) in [6.45, 7) is 3.25. The Morgan fingerprint density at radius 2 is 1.76 bits per heavy atom. The number of rotatable bonds is 7. The Kier molecular flexibility index (Phi) is 6.29. The van der Waals surface area contributed by atoms with Crippen molar-refractivity contribution in [2.24, 2.45) is 7.05 Å². The van der Waals surface area contributed by atoms with E-state index in [-0.39, 0.29) is 12.8 Å². The smallest absolute Gasteiger partial charge is 0.226 e. The van der Waals surface area contributed by atoms with Crippen LogP contribution in [-0.4, -0.2) is 15.7 Å². The normalized spacial score (nSPS) is 15.6. The number of amides is 1. The number of hydrogen-bond donors (Lipinski definition) is 1. The predicted octanol–water partition coefficient (Wildman–Crippen LogP) is 4.23. The lowest BCUT2D eigenvalue weighted by Crippen LogP contribution is -2.27. The second-order valence-electron chi connectivity index (χ2n) is 7.64. The molecule has 1 N–H and O–H groups in total. The summed E-state index contributed by atoms with van der Waals surface area (Å²) in [7, 11) is 1.74. The molecule has 1 unspecified atom stereocenters. The lowest BCUT2D eigenvalue weighted by atomic mass is 10.0. The van der Waals surface area contributed by atoms with Gasteiger partial charge in [0.15, 0.2) is 23.3 Å². The summed E-state index contributed by atoms with van der Waals surface area (Å²) in [5.41, 5.74) is 1.35. The predicted molar refractivity (Wildman–Crippen MR) is 100 cm³/mol. The maximum Gasteiger partial charge on any atom is 0.226 e. The van der Waals surface area contributed by atoms with Crippen LogP contribution in [0.1, 0.15) is 67.1 Å². The molecule has 1 amide bonds. The zero-order valence-electron chi connectivity index (χ0n) is 16.8. The van der Waals surface area contributed by atoms with Crippen molar-refractivity contribution >= 4 is 5.91 Å². The molecule has 0 radical (unpaired) electrons. The van der Waals surface area contributed by atoms with Crippen molar-refractivity contribution in [3.63, 3.8) is 0 Å². The van der Waals surface area contributed by atoms with Crippen LogP contribution in [0.2, 0.25) is 0 Å². The number of halogens is 4. The van der Waals surface area contributed by atoms with Crippen molar-refractivity contribution in [1.29, 1.82) is 0 Å². The largest absolute Gasteiger partial charge is 0.351 e. The highest BCUT2D eigenvalue weighted by Crippen LogP contribution is 2.34. The van der Waals surface area contributed by atoms with Crippen LogP contribution in [0.4, 0.5) is 17.6 Å². The van der Waals surface area contributed by atoms with Crippen LogP contribution in [0.25, 0.3) is 0 Å². The summed E-state index contributed by atoms with van der Waals surface area (Å²) in [6, 6.07) is 0. The molecule has 0 saturated heterocycles. The molecule has 0 spiro atoms. The summed E-state index contributed by atoms with van der Waals surface area (Å²) < 4.78 is 58.6. The molecule has 1 aliphatic carbocycles. The number of fused-ring (bicyclic) bond motifs is 1. The van der Waals surface area contributed by atoms with Crippen LogP contribution in [0.15, 0.2) is 0 Å². The lowest BCUT2D eigenvalue weighted by molar-refractivity contribution is -0.120. The van der Waals surface area contributed by atoms with E-state index in [1.54, 1.807) is 11.7 Å². The SMILES string of the molecule is CCCCc1c(F)c(F)c(CNC(=O)Cc2c3c(nn2C)C(C)CC3)c(F)c1F. The summed E-state index contributed by atoms with van der Waals surface area (Å²) in [4.78, 5) is 12.3. The molecule has 8 heteroatoms. The minimum absolute atomic E-state index is 0.0195. The van der Waals surface area contributed by atoms with Crippen LogP contribution >= 0.6 is 0 Å². The number of nitrogens with zero attached hydrogens (tertiary/aromatic N) is 2. The van der Waals surface area contributed by atoms with Gasteiger partial charge in [0.25, 0.3) is 0 Å². The Labute approximate surface area is 167 Å². The third-order valence-electron chi connectivity index (χ3n) is 5.62. The van der Waals surface area contributed by atoms with E-state index in [2.05, 4.69) is 17.3 Å². The zero-order chi connectivity index (χ0) is 21.3. The number of carbonyl (C=O) groups excluding carboxylic acids is 1. The third kappa shape index (κ3) is 4.02. The van der Waals surface area contributed by atoms with E-state index in [0.717, 1.165) is 29.8 Å². The minimum atomic E-state index is -1.45. The van der Waals surface area contributed by atoms with Crippen molar-refractivity contribution in [3.05, 3.63) is 51.3 Å². The lowest BCUT2D eigenvalue weighted by Gasteiger charge is -2.13. The number of benzene rings is 1. The Bertz CT molecular complexity index is 910. The Balaban J connectivity index is 1.74. The molecule has 29 heavy (non-hydrogen) atoms.